The van der Waals surface area contributed by atoms with Gasteiger partial charge in [-0.15, -0.1) is 0 Å². The summed E-state index contributed by atoms with van der Waals surface area (Å²) in [5.41, 5.74) is 5.75. The van der Waals surface area contributed by atoms with E-state index in [1.165, 1.54) is 0 Å². The van der Waals surface area contributed by atoms with E-state index >= 15 is 0 Å². The third-order valence-electron chi connectivity index (χ3n) is 3.32. The minimum absolute atomic E-state index is 0.00873. The topological polar surface area (TPSA) is 84.1 Å². The summed E-state index contributed by atoms with van der Waals surface area (Å²) in [6.45, 7) is 9.37. The fourth-order valence-corrected chi connectivity index (χ4v) is 2.32. The molecule has 0 spiro atoms. The number of nitrogens with zero attached hydrogens (tertiary/aromatic N) is 3. The van der Waals surface area contributed by atoms with E-state index in [4.69, 9.17) is 5.73 Å². The molecule has 1 saturated heterocycles. The fourth-order valence-electron chi connectivity index (χ4n) is 2.32. The minimum atomic E-state index is -0.138. The summed E-state index contributed by atoms with van der Waals surface area (Å²) < 4.78 is 0. The van der Waals surface area contributed by atoms with E-state index in [1.807, 2.05) is 0 Å². The van der Waals surface area contributed by atoms with Crippen molar-refractivity contribution in [2.45, 2.75) is 45.6 Å². The van der Waals surface area contributed by atoms with E-state index in [0.29, 0.717) is 5.82 Å². The normalized spacial score (nSPS) is 19.2. The zero-order valence-corrected chi connectivity index (χ0v) is 12.6. The highest BCUT2D eigenvalue weighted by molar-refractivity contribution is 5.73. The van der Waals surface area contributed by atoms with Crippen molar-refractivity contribution in [2.24, 2.45) is 0 Å². The maximum atomic E-state index is 11.1. The highest BCUT2D eigenvalue weighted by Gasteiger charge is 2.26. The average molecular weight is 277 g/mol. The number of nitrogen functional groups attached to an aromatic ring is 1. The van der Waals surface area contributed by atoms with Crippen molar-refractivity contribution in [2.75, 3.05) is 23.7 Å². The van der Waals surface area contributed by atoms with E-state index in [2.05, 4.69) is 41.0 Å². The number of carbonyl (C=O) groups is 1. The second-order valence-corrected chi connectivity index (χ2v) is 6.36. The first kappa shape index (κ1) is 14.6. The van der Waals surface area contributed by atoms with Gasteiger partial charge in [0.15, 0.2) is 0 Å². The molecular weight excluding hydrogens is 254 g/mol. The van der Waals surface area contributed by atoms with Gasteiger partial charge >= 0.3 is 0 Å². The van der Waals surface area contributed by atoms with Gasteiger partial charge in [0, 0.05) is 37.5 Å². The van der Waals surface area contributed by atoms with E-state index in [0.717, 1.165) is 31.2 Å². The van der Waals surface area contributed by atoms with Crippen LogP contribution in [0.15, 0.2) is 6.07 Å². The monoisotopic (exact) mass is 277 g/mol. The van der Waals surface area contributed by atoms with Crippen LogP contribution in [0.5, 0.6) is 0 Å². The predicted octanol–water partition coefficient (Wildman–Crippen LogP) is 1.07. The number of amides is 1. The molecule has 1 aromatic heterocycles. The van der Waals surface area contributed by atoms with E-state index in [9.17, 15) is 4.79 Å². The van der Waals surface area contributed by atoms with Gasteiger partial charge in [0.25, 0.3) is 0 Å². The van der Waals surface area contributed by atoms with Crippen LogP contribution < -0.4 is 16.0 Å². The number of anilines is 2. The Bertz CT molecular complexity index is 509. The maximum absolute atomic E-state index is 11.1. The molecule has 1 fully saturated rings. The number of nitrogens with one attached hydrogen (secondary N) is 1. The van der Waals surface area contributed by atoms with Crippen molar-refractivity contribution in [3.8, 4) is 0 Å². The number of rotatable bonds is 2. The van der Waals surface area contributed by atoms with Gasteiger partial charge in [-0.2, -0.15) is 0 Å². The SMILES string of the molecule is CC(=O)NC1CCN(c2cc(N)nc(C(C)(C)C)n2)C1. The molecule has 1 atom stereocenters. The number of hydrogen-bond acceptors (Lipinski definition) is 5. The molecule has 0 aliphatic carbocycles. The van der Waals surface area contributed by atoms with Crippen molar-refractivity contribution >= 4 is 17.5 Å². The number of hydrogen-bond donors (Lipinski definition) is 2. The molecule has 0 aromatic carbocycles. The van der Waals surface area contributed by atoms with Crippen molar-refractivity contribution in [1.29, 1.82) is 0 Å². The second-order valence-electron chi connectivity index (χ2n) is 6.36. The van der Waals surface area contributed by atoms with Gasteiger partial charge in [-0.05, 0) is 6.42 Å². The zero-order chi connectivity index (χ0) is 14.9. The summed E-state index contributed by atoms with van der Waals surface area (Å²) in [5, 5.41) is 2.95. The van der Waals surface area contributed by atoms with Crippen LogP contribution in [0.4, 0.5) is 11.6 Å². The molecule has 1 amide bonds. The summed E-state index contributed by atoms with van der Waals surface area (Å²) in [5.74, 6) is 2.09. The molecule has 0 radical (unpaired) electrons. The number of aromatic nitrogens is 2. The van der Waals surface area contributed by atoms with Gasteiger partial charge < -0.3 is 16.0 Å². The van der Waals surface area contributed by atoms with E-state index < -0.39 is 0 Å². The van der Waals surface area contributed by atoms with Gasteiger partial charge in [0.2, 0.25) is 5.91 Å². The second kappa shape index (κ2) is 5.26. The molecule has 110 valence electrons. The van der Waals surface area contributed by atoms with Crippen LogP contribution in [-0.2, 0) is 10.2 Å². The Morgan fingerprint density at radius 3 is 2.75 bits per heavy atom. The molecule has 2 rings (SSSR count). The molecule has 6 nitrogen and oxygen atoms in total. The molecule has 1 aliphatic heterocycles. The largest absolute Gasteiger partial charge is 0.384 e. The number of nitrogens with two attached hydrogens (primary N) is 1. The lowest BCUT2D eigenvalue weighted by Crippen LogP contribution is -2.35. The molecule has 3 N–H and O–H groups in total. The lowest BCUT2D eigenvalue weighted by molar-refractivity contribution is -0.119. The smallest absolute Gasteiger partial charge is 0.217 e. The Hall–Kier alpha value is -1.85. The summed E-state index contributed by atoms with van der Waals surface area (Å²) >= 11 is 0. The first-order chi connectivity index (χ1) is 9.25. The molecule has 1 aliphatic rings. The van der Waals surface area contributed by atoms with Crippen molar-refractivity contribution in [1.82, 2.24) is 15.3 Å². The zero-order valence-electron chi connectivity index (χ0n) is 12.6. The van der Waals surface area contributed by atoms with Gasteiger partial charge in [-0.25, -0.2) is 9.97 Å². The Morgan fingerprint density at radius 2 is 2.15 bits per heavy atom. The standard InChI is InChI=1S/C14H23N5O/c1-9(20)16-10-5-6-19(8-10)12-7-11(15)17-13(18-12)14(2,3)4/h7,10H,5-6,8H2,1-4H3,(H,16,20)(H2,15,17,18). The summed E-state index contributed by atoms with van der Waals surface area (Å²) in [4.78, 5) is 22.2. The van der Waals surface area contributed by atoms with Crippen LogP contribution in [0.2, 0.25) is 0 Å². The van der Waals surface area contributed by atoms with E-state index in [-0.39, 0.29) is 17.4 Å². The first-order valence-electron chi connectivity index (χ1n) is 6.93. The average Bonchev–Trinajstić information content (AvgIpc) is 2.74. The first-order valence-corrected chi connectivity index (χ1v) is 6.93. The minimum Gasteiger partial charge on any atom is -0.384 e. The highest BCUT2D eigenvalue weighted by Crippen LogP contribution is 2.25. The Labute approximate surface area is 119 Å². The predicted molar refractivity (Wildman–Crippen MR) is 79.6 cm³/mol. The third kappa shape index (κ3) is 3.37. The van der Waals surface area contributed by atoms with Gasteiger partial charge in [-0.1, -0.05) is 20.8 Å². The van der Waals surface area contributed by atoms with Crippen LogP contribution in [-0.4, -0.2) is 35.0 Å². The quantitative estimate of drug-likeness (QED) is 0.845. The van der Waals surface area contributed by atoms with Crippen molar-refractivity contribution in [3.05, 3.63) is 11.9 Å². The summed E-state index contributed by atoms with van der Waals surface area (Å²) in [6, 6.07) is 1.98. The van der Waals surface area contributed by atoms with Crippen molar-refractivity contribution in [3.63, 3.8) is 0 Å². The van der Waals surface area contributed by atoms with Gasteiger partial charge in [0.05, 0.1) is 0 Å². The number of carbonyl (C=O) groups excluding carboxylic acids is 1. The Morgan fingerprint density at radius 1 is 1.45 bits per heavy atom. The van der Waals surface area contributed by atoms with Gasteiger partial charge in [-0.3, -0.25) is 4.79 Å². The summed E-state index contributed by atoms with van der Waals surface area (Å²) in [6.07, 6.45) is 0.925. The van der Waals surface area contributed by atoms with Crippen LogP contribution in [0, 0.1) is 0 Å². The molecule has 6 heteroatoms. The molecule has 0 bridgehead atoms. The van der Waals surface area contributed by atoms with E-state index in [1.54, 1.807) is 13.0 Å². The summed E-state index contributed by atoms with van der Waals surface area (Å²) in [7, 11) is 0. The lowest BCUT2D eigenvalue weighted by Gasteiger charge is -2.22. The molecule has 1 unspecified atom stereocenters. The van der Waals surface area contributed by atoms with Crippen LogP contribution in [0.1, 0.15) is 39.9 Å². The molecule has 2 heterocycles. The molecule has 20 heavy (non-hydrogen) atoms. The van der Waals surface area contributed by atoms with Crippen molar-refractivity contribution < 1.29 is 4.79 Å². The fraction of sp³-hybridized carbons (Fsp3) is 0.643. The van der Waals surface area contributed by atoms with Gasteiger partial charge in [0.1, 0.15) is 17.5 Å². The third-order valence-corrected chi connectivity index (χ3v) is 3.32. The van der Waals surface area contributed by atoms with Crippen LogP contribution >= 0.6 is 0 Å². The van der Waals surface area contributed by atoms with Crippen LogP contribution in [0.3, 0.4) is 0 Å². The Kier molecular flexibility index (Phi) is 3.83. The maximum Gasteiger partial charge on any atom is 0.217 e. The molecule has 1 aromatic rings. The molecular formula is C14H23N5O. The van der Waals surface area contributed by atoms with Crippen LogP contribution in [0.25, 0.3) is 0 Å². The Balaban J connectivity index is 2.18. The molecule has 0 saturated carbocycles. The highest BCUT2D eigenvalue weighted by atomic mass is 16.1. The lowest BCUT2D eigenvalue weighted by atomic mass is 9.96.